The molecule has 1 atom stereocenters. The molecule has 2 heterocycles. The van der Waals surface area contributed by atoms with Crippen LogP contribution in [0, 0.1) is 0 Å². The zero-order valence-corrected chi connectivity index (χ0v) is 16.3. The van der Waals surface area contributed by atoms with Crippen molar-refractivity contribution in [1.82, 2.24) is 15.5 Å². The van der Waals surface area contributed by atoms with Gasteiger partial charge in [0, 0.05) is 45.0 Å². The molecule has 0 saturated carbocycles. The monoisotopic (exact) mass is 384 g/mol. The zero-order valence-electron chi connectivity index (χ0n) is 16.3. The molecule has 2 aromatic rings. The van der Waals surface area contributed by atoms with Crippen LogP contribution in [-0.4, -0.2) is 56.0 Å². The Morgan fingerprint density at radius 1 is 1.00 bits per heavy atom. The molecule has 3 rings (SSSR count). The quantitative estimate of drug-likeness (QED) is 0.712. The second-order valence-corrected chi connectivity index (χ2v) is 6.86. The number of hydrogen-bond donors (Lipinski definition) is 2. The lowest BCUT2D eigenvalue weighted by molar-refractivity contribution is -0.139. The number of anilines is 1. The van der Waals surface area contributed by atoms with Crippen LogP contribution < -0.4 is 15.5 Å². The Bertz CT molecular complexity index is 740. The fourth-order valence-corrected chi connectivity index (χ4v) is 3.41. The number of benzene rings is 1. The maximum Gasteiger partial charge on any atom is 0.309 e. The van der Waals surface area contributed by atoms with E-state index in [4.69, 9.17) is 4.42 Å². The summed E-state index contributed by atoms with van der Waals surface area (Å²) in [5, 5.41) is 5.35. The number of carbonyl (C=O) groups excluding carboxylic acids is 2. The average molecular weight is 384 g/mol. The molecule has 1 saturated heterocycles. The normalized spacial score (nSPS) is 15.8. The van der Waals surface area contributed by atoms with Gasteiger partial charge in [-0.1, -0.05) is 25.1 Å². The highest BCUT2D eigenvalue weighted by Crippen LogP contribution is 2.24. The summed E-state index contributed by atoms with van der Waals surface area (Å²) in [6.45, 7) is 6.25. The van der Waals surface area contributed by atoms with Gasteiger partial charge in [-0.2, -0.15) is 0 Å². The molecule has 0 radical (unpaired) electrons. The van der Waals surface area contributed by atoms with Crippen LogP contribution in [0.4, 0.5) is 5.69 Å². The summed E-state index contributed by atoms with van der Waals surface area (Å²) < 4.78 is 5.61. The molecule has 0 bridgehead atoms. The van der Waals surface area contributed by atoms with Gasteiger partial charge >= 0.3 is 11.8 Å². The number of amides is 2. The standard InChI is InChI=1S/C21H28N4O3/c1-2-10-22-20(26)21(27)23-16-18(19-9-6-15-28-19)25-13-11-24(12-14-25)17-7-4-3-5-8-17/h3-9,15,18H,2,10-14,16H2,1H3,(H,22,26)(H,23,27). The Morgan fingerprint density at radius 3 is 2.36 bits per heavy atom. The zero-order chi connectivity index (χ0) is 19.8. The highest BCUT2D eigenvalue weighted by Gasteiger charge is 2.28. The lowest BCUT2D eigenvalue weighted by Crippen LogP contribution is -2.50. The first-order valence-electron chi connectivity index (χ1n) is 9.82. The van der Waals surface area contributed by atoms with Crippen molar-refractivity contribution >= 4 is 17.5 Å². The van der Waals surface area contributed by atoms with Crippen molar-refractivity contribution in [2.45, 2.75) is 19.4 Å². The van der Waals surface area contributed by atoms with Crippen molar-refractivity contribution in [2.24, 2.45) is 0 Å². The smallest absolute Gasteiger partial charge is 0.309 e. The summed E-state index contributed by atoms with van der Waals surface area (Å²) in [5.74, 6) is -0.399. The molecule has 7 heteroatoms. The molecular formula is C21H28N4O3. The second kappa shape index (κ2) is 9.94. The fourth-order valence-electron chi connectivity index (χ4n) is 3.41. The molecule has 28 heavy (non-hydrogen) atoms. The summed E-state index contributed by atoms with van der Waals surface area (Å²) >= 11 is 0. The summed E-state index contributed by atoms with van der Waals surface area (Å²) in [6, 6.07) is 14.0. The predicted octanol–water partition coefficient (Wildman–Crippen LogP) is 1.79. The van der Waals surface area contributed by atoms with Gasteiger partial charge < -0.3 is 20.0 Å². The van der Waals surface area contributed by atoms with Crippen molar-refractivity contribution in [1.29, 1.82) is 0 Å². The number of para-hydroxylation sites is 1. The van der Waals surface area contributed by atoms with Crippen LogP contribution >= 0.6 is 0 Å². The lowest BCUT2D eigenvalue weighted by atomic mass is 10.1. The van der Waals surface area contributed by atoms with E-state index < -0.39 is 11.8 Å². The molecule has 1 aromatic carbocycles. The van der Waals surface area contributed by atoms with Gasteiger partial charge in [0.15, 0.2) is 0 Å². The van der Waals surface area contributed by atoms with Crippen molar-refractivity contribution in [3.63, 3.8) is 0 Å². The number of rotatable bonds is 7. The molecular weight excluding hydrogens is 356 g/mol. The van der Waals surface area contributed by atoms with Gasteiger partial charge in [0.1, 0.15) is 5.76 Å². The van der Waals surface area contributed by atoms with E-state index >= 15 is 0 Å². The molecule has 0 aliphatic carbocycles. The highest BCUT2D eigenvalue weighted by atomic mass is 16.3. The van der Waals surface area contributed by atoms with E-state index in [1.807, 2.05) is 37.3 Å². The molecule has 1 aliphatic heterocycles. The van der Waals surface area contributed by atoms with Crippen LogP contribution in [0.25, 0.3) is 0 Å². The van der Waals surface area contributed by atoms with Crippen LogP contribution in [0.3, 0.4) is 0 Å². The van der Waals surface area contributed by atoms with E-state index in [0.29, 0.717) is 13.1 Å². The Morgan fingerprint density at radius 2 is 1.71 bits per heavy atom. The van der Waals surface area contributed by atoms with Gasteiger partial charge in [-0.05, 0) is 30.7 Å². The average Bonchev–Trinajstić information content (AvgIpc) is 3.27. The minimum absolute atomic E-state index is 0.101. The Labute approximate surface area is 165 Å². The number of piperazine rings is 1. The van der Waals surface area contributed by atoms with E-state index in [1.54, 1.807) is 6.26 Å². The summed E-state index contributed by atoms with van der Waals surface area (Å²) in [7, 11) is 0. The third-order valence-electron chi connectivity index (χ3n) is 4.95. The Hall–Kier alpha value is -2.80. The largest absolute Gasteiger partial charge is 0.468 e. The first-order chi connectivity index (χ1) is 13.7. The second-order valence-electron chi connectivity index (χ2n) is 6.86. The molecule has 1 unspecified atom stereocenters. The molecule has 1 aliphatic rings. The van der Waals surface area contributed by atoms with E-state index in [2.05, 4.69) is 32.6 Å². The van der Waals surface area contributed by atoms with E-state index in [0.717, 1.165) is 38.4 Å². The van der Waals surface area contributed by atoms with Crippen molar-refractivity contribution in [2.75, 3.05) is 44.2 Å². The molecule has 7 nitrogen and oxygen atoms in total. The van der Waals surface area contributed by atoms with Crippen molar-refractivity contribution in [3.8, 4) is 0 Å². The predicted molar refractivity (Wildman–Crippen MR) is 108 cm³/mol. The van der Waals surface area contributed by atoms with Crippen LogP contribution in [0.1, 0.15) is 25.1 Å². The lowest BCUT2D eigenvalue weighted by Gasteiger charge is -2.39. The number of hydrogen-bond acceptors (Lipinski definition) is 5. The third kappa shape index (κ3) is 5.13. The fraction of sp³-hybridized carbons (Fsp3) is 0.429. The molecule has 1 fully saturated rings. The van der Waals surface area contributed by atoms with Gasteiger partial charge in [-0.3, -0.25) is 14.5 Å². The highest BCUT2D eigenvalue weighted by molar-refractivity contribution is 6.35. The summed E-state index contributed by atoms with van der Waals surface area (Å²) in [4.78, 5) is 28.5. The topological polar surface area (TPSA) is 77.8 Å². The van der Waals surface area contributed by atoms with Crippen molar-refractivity contribution < 1.29 is 14.0 Å². The molecule has 1 aromatic heterocycles. The van der Waals surface area contributed by atoms with Crippen LogP contribution in [0.15, 0.2) is 53.1 Å². The molecule has 2 amide bonds. The minimum Gasteiger partial charge on any atom is -0.468 e. The SMILES string of the molecule is CCCNC(=O)C(=O)NCC(c1ccco1)N1CCN(c2ccccc2)CC1. The van der Waals surface area contributed by atoms with E-state index in [1.165, 1.54) is 5.69 Å². The van der Waals surface area contributed by atoms with Crippen LogP contribution in [0.5, 0.6) is 0 Å². The third-order valence-corrected chi connectivity index (χ3v) is 4.95. The van der Waals surface area contributed by atoms with Crippen LogP contribution in [-0.2, 0) is 9.59 Å². The van der Waals surface area contributed by atoms with E-state index in [9.17, 15) is 9.59 Å². The Balaban J connectivity index is 1.59. The molecule has 2 N–H and O–H groups in total. The number of carbonyl (C=O) groups is 2. The number of nitrogens with zero attached hydrogens (tertiary/aromatic N) is 2. The number of furan rings is 1. The summed E-state index contributed by atoms with van der Waals surface area (Å²) in [5.41, 5.74) is 1.22. The van der Waals surface area contributed by atoms with Gasteiger partial charge in [0.05, 0.1) is 12.3 Å². The maximum absolute atomic E-state index is 12.1. The van der Waals surface area contributed by atoms with E-state index in [-0.39, 0.29) is 6.04 Å². The van der Waals surface area contributed by atoms with Gasteiger partial charge in [0.25, 0.3) is 0 Å². The van der Waals surface area contributed by atoms with Gasteiger partial charge in [-0.15, -0.1) is 0 Å². The van der Waals surface area contributed by atoms with Crippen LogP contribution in [0.2, 0.25) is 0 Å². The maximum atomic E-state index is 12.1. The first kappa shape index (κ1) is 19.9. The first-order valence-corrected chi connectivity index (χ1v) is 9.82. The molecule has 0 spiro atoms. The number of nitrogens with one attached hydrogen (secondary N) is 2. The summed E-state index contributed by atoms with van der Waals surface area (Å²) in [6.07, 6.45) is 2.43. The van der Waals surface area contributed by atoms with Gasteiger partial charge in [0.2, 0.25) is 0 Å². The van der Waals surface area contributed by atoms with Crippen molar-refractivity contribution in [3.05, 3.63) is 54.5 Å². The Kier molecular flexibility index (Phi) is 7.08. The minimum atomic E-state index is -0.604. The molecule has 150 valence electrons. The van der Waals surface area contributed by atoms with Gasteiger partial charge in [-0.25, -0.2) is 0 Å².